The van der Waals surface area contributed by atoms with Crippen LogP contribution in [0.25, 0.3) is 10.9 Å². The number of hydrogen-bond acceptors (Lipinski definition) is 4. The Hall–Kier alpha value is -3.45. The Bertz CT molecular complexity index is 1380. The first-order chi connectivity index (χ1) is 15.7. The van der Waals surface area contributed by atoms with Crippen LogP contribution in [0.3, 0.4) is 0 Å². The standard InChI is InChI=1S/C23H16F5N3O2/c24-14-10-15-19(17(25)11-14)29-21(32)30-20(15)31-8-9-33-12-16-13(2-1-3-18(16)31)4-5-22(6-7-22)23(26,27)28/h1-3,10-11H,6-9,12H2,(H,29,30,32). The summed E-state index contributed by atoms with van der Waals surface area (Å²) in [6, 6.07) is 6.60. The molecule has 0 saturated heterocycles. The summed E-state index contributed by atoms with van der Waals surface area (Å²) in [5.41, 5.74) is -1.67. The predicted molar refractivity (Wildman–Crippen MR) is 110 cm³/mol. The van der Waals surface area contributed by atoms with Crippen molar-refractivity contribution < 1.29 is 26.7 Å². The molecule has 2 aliphatic rings. The number of H-pyrrole nitrogens is 1. The highest BCUT2D eigenvalue weighted by Crippen LogP contribution is 2.57. The Morgan fingerprint density at radius 3 is 2.70 bits per heavy atom. The van der Waals surface area contributed by atoms with Crippen molar-refractivity contribution in [2.45, 2.75) is 25.6 Å². The van der Waals surface area contributed by atoms with Gasteiger partial charge < -0.3 is 14.6 Å². The molecule has 0 radical (unpaired) electrons. The van der Waals surface area contributed by atoms with Gasteiger partial charge in [-0.15, -0.1) is 0 Å². The first kappa shape index (κ1) is 21.4. The lowest BCUT2D eigenvalue weighted by molar-refractivity contribution is -0.168. The number of halogens is 5. The summed E-state index contributed by atoms with van der Waals surface area (Å²) in [4.78, 5) is 19.9. The minimum atomic E-state index is -4.41. The second-order valence-electron chi connectivity index (χ2n) is 8.01. The normalized spacial score (nSPS) is 17.2. The predicted octanol–water partition coefficient (Wildman–Crippen LogP) is 4.56. The smallest absolute Gasteiger partial charge is 0.375 e. The number of aromatic amines is 1. The van der Waals surface area contributed by atoms with E-state index >= 15 is 0 Å². The molecule has 1 fully saturated rings. The zero-order chi connectivity index (χ0) is 23.4. The average Bonchev–Trinajstić information content (AvgIpc) is 3.56. The Morgan fingerprint density at radius 1 is 1.18 bits per heavy atom. The van der Waals surface area contributed by atoms with Gasteiger partial charge >= 0.3 is 11.9 Å². The molecule has 0 bridgehead atoms. The fourth-order valence-corrected chi connectivity index (χ4v) is 3.93. The van der Waals surface area contributed by atoms with Crippen LogP contribution >= 0.6 is 0 Å². The zero-order valence-corrected chi connectivity index (χ0v) is 17.0. The van der Waals surface area contributed by atoms with E-state index in [4.69, 9.17) is 4.74 Å². The Labute approximate surface area is 184 Å². The molecule has 2 aromatic carbocycles. The van der Waals surface area contributed by atoms with Gasteiger partial charge in [0.2, 0.25) is 0 Å². The molecule has 1 N–H and O–H groups in total. The SMILES string of the molecule is O=c1nc(N2CCOCc3c(C#CC4(C(F)(F)F)CC4)cccc32)c2cc(F)cc(F)c2[nH]1. The number of ether oxygens (including phenoxy) is 1. The minimum absolute atomic E-state index is 0.0120. The molecule has 0 unspecified atom stereocenters. The van der Waals surface area contributed by atoms with Crippen LogP contribution in [-0.2, 0) is 11.3 Å². The van der Waals surface area contributed by atoms with E-state index in [0.29, 0.717) is 22.9 Å². The molecule has 0 amide bonds. The van der Waals surface area contributed by atoms with Crippen LogP contribution in [0.15, 0.2) is 35.1 Å². The average molecular weight is 461 g/mol. The molecule has 1 aliphatic carbocycles. The molecule has 1 aliphatic heterocycles. The first-order valence-electron chi connectivity index (χ1n) is 10.1. The van der Waals surface area contributed by atoms with Crippen molar-refractivity contribution in [1.82, 2.24) is 9.97 Å². The van der Waals surface area contributed by atoms with Crippen LogP contribution in [0.1, 0.15) is 24.0 Å². The second kappa shape index (κ2) is 7.56. The number of anilines is 2. The third kappa shape index (κ3) is 3.72. The molecule has 5 nitrogen and oxygen atoms in total. The van der Waals surface area contributed by atoms with Crippen molar-refractivity contribution in [3.63, 3.8) is 0 Å². The third-order valence-corrected chi connectivity index (χ3v) is 5.87. The van der Waals surface area contributed by atoms with Crippen molar-refractivity contribution in [3.8, 4) is 11.8 Å². The molecule has 0 spiro atoms. The van der Waals surface area contributed by atoms with Crippen LogP contribution in [0, 0.1) is 28.9 Å². The number of nitrogens with zero attached hydrogens (tertiary/aromatic N) is 2. The van der Waals surface area contributed by atoms with Crippen LogP contribution in [-0.4, -0.2) is 29.3 Å². The summed E-state index contributed by atoms with van der Waals surface area (Å²) in [7, 11) is 0. The summed E-state index contributed by atoms with van der Waals surface area (Å²) in [6.45, 7) is 0.446. The van der Waals surface area contributed by atoms with E-state index in [-0.39, 0.29) is 49.3 Å². The van der Waals surface area contributed by atoms with E-state index in [1.807, 2.05) is 0 Å². The Kier molecular flexibility index (Phi) is 4.90. The number of nitrogens with one attached hydrogen (secondary N) is 1. The molecule has 1 aromatic heterocycles. The summed E-state index contributed by atoms with van der Waals surface area (Å²) in [5, 5.41) is 0.0467. The van der Waals surface area contributed by atoms with Crippen LogP contribution < -0.4 is 10.6 Å². The van der Waals surface area contributed by atoms with Gasteiger partial charge in [0.15, 0.2) is 0 Å². The molecule has 170 valence electrons. The van der Waals surface area contributed by atoms with Crippen molar-refractivity contribution in [1.29, 1.82) is 0 Å². The topological polar surface area (TPSA) is 58.2 Å². The van der Waals surface area contributed by atoms with Gasteiger partial charge in [0.1, 0.15) is 22.9 Å². The van der Waals surface area contributed by atoms with Gasteiger partial charge in [-0.25, -0.2) is 13.6 Å². The molecule has 3 aromatic rings. The molecule has 10 heteroatoms. The fraction of sp³-hybridized carbons (Fsp3) is 0.304. The van der Waals surface area contributed by atoms with Crippen LogP contribution in [0.5, 0.6) is 0 Å². The second-order valence-corrected chi connectivity index (χ2v) is 8.01. The van der Waals surface area contributed by atoms with Crippen molar-refractivity contribution in [2.24, 2.45) is 5.41 Å². The Morgan fingerprint density at radius 2 is 1.97 bits per heavy atom. The highest BCUT2D eigenvalue weighted by molar-refractivity contribution is 5.92. The van der Waals surface area contributed by atoms with E-state index in [1.165, 1.54) is 0 Å². The molecule has 2 heterocycles. The summed E-state index contributed by atoms with van der Waals surface area (Å²) < 4.78 is 73.8. The maximum absolute atomic E-state index is 14.3. The number of rotatable bonds is 1. The summed E-state index contributed by atoms with van der Waals surface area (Å²) in [6.07, 6.45) is -4.49. The van der Waals surface area contributed by atoms with Gasteiger partial charge in [-0.2, -0.15) is 18.2 Å². The van der Waals surface area contributed by atoms with Gasteiger partial charge in [0, 0.05) is 34.8 Å². The van der Waals surface area contributed by atoms with Crippen molar-refractivity contribution in [2.75, 3.05) is 18.1 Å². The van der Waals surface area contributed by atoms with E-state index in [0.717, 1.165) is 6.07 Å². The van der Waals surface area contributed by atoms with Gasteiger partial charge in [0.05, 0.1) is 18.7 Å². The lowest BCUT2D eigenvalue weighted by atomic mass is 10.0. The maximum atomic E-state index is 14.3. The van der Waals surface area contributed by atoms with E-state index < -0.39 is 28.9 Å². The summed E-state index contributed by atoms with van der Waals surface area (Å²) in [5.74, 6) is 3.27. The third-order valence-electron chi connectivity index (χ3n) is 5.87. The fourth-order valence-electron chi connectivity index (χ4n) is 3.93. The molecule has 0 atom stereocenters. The number of alkyl halides is 3. The molecule has 5 rings (SSSR count). The largest absolute Gasteiger partial charge is 0.405 e. The lowest BCUT2D eigenvalue weighted by Crippen LogP contribution is -2.25. The van der Waals surface area contributed by atoms with E-state index in [2.05, 4.69) is 21.8 Å². The van der Waals surface area contributed by atoms with Crippen molar-refractivity contribution in [3.05, 3.63) is 63.6 Å². The molecule has 1 saturated carbocycles. The van der Waals surface area contributed by atoms with E-state index in [1.54, 1.807) is 23.1 Å². The quantitative estimate of drug-likeness (QED) is 0.426. The monoisotopic (exact) mass is 461 g/mol. The van der Waals surface area contributed by atoms with Gasteiger partial charge in [-0.1, -0.05) is 17.9 Å². The van der Waals surface area contributed by atoms with Gasteiger partial charge in [-0.05, 0) is 31.0 Å². The van der Waals surface area contributed by atoms with Gasteiger partial charge in [-0.3, -0.25) is 0 Å². The first-order valence-corrected chi connectivity index (χ1v) is 10.1. The Balaban J connectivity index is 1.66. The molecule has 33 heavy (non-hydrogen) atoms. The zero-order valence-electron chi connectivity index (χ0n) is 17.0. The lowest BCUT2D eigenvalue weighted by Gasteiger charge is -2.24. The number of hydrogen-bond donors (Lipinski definition) is 1. The molecular weight excluding hydrogens is 445 g/mol. The molecular formula is C23H16F5N3O2. The summed E-state index contributed by atoms with van der Waals surface area (Å²) >= 11 is 0. The highest BCUT2D eigenvalue weighted by atomic mass is 19.4. The number of benzene rings is 2. The van der Waals surface area contributed by atoms with Gasteiger partial charge in [0.25, 0.3) is 0 Å². The van der Waals surface area contributed by atoms with Crippen LogP contribution in [0.2, 0.25) is 0 Å². The highest BCUT2D eigenvalue weighted by Gasteiger charge is 2.62. The maximum Gasteiger partial charge on any atom is 0.405 e. The number of fused-ring (bicyclic) bond motifs is 2. The van der Waals surface area contributed by atoms with Crippen molar-refractivity contribution >= 4 is 22.4 Å². The van der Waals surface area contributed by atoms with Crippen LogP contribution in [0.4, 0.5) is 33.5 Å². The van der Waals surface area contributed by atoms with E-state index in [9.17, 15) is 26.7 Å². The minimum Gasteiger partial charge on any atom is -0.375 e. The number of aromatic nitrogens is 2.